The Morgan fingerprint density at radius 3 is 2.60 bits per heavy atom. The van der Waals surface area contributed by atoms with Gasteiger partial charge in [0, 0.05) is 25.0 Å². The average molecular weight is 352 g/mol. The number of benzene rings is 1. The number of guanidine groups is 1. The quantitative estimate of drug-likeness (QED) is 0.639. The molecule has 0 saturated heterocycles. The third-order valence-electron chi connectivity index (χ3n) is 2.82. The first-order chi connectivity index (χ1) is 9.78. The van der Waals surface area contributed by atoms with Crippen molar-refractivity contribution in [1.82, 2.24) is 10.6 Å². The van der Waals surface area contributed by atoms with Crippen LogP contribution < -0.4 is 10.6 Å². The van der Waals surface area contributed by atoms with Gasteiger partial charge >= 0.3 is 0 Å². The summed E-state index contributed by atoms with van der Waals surface area (Å²) in [4.78, 5) is 5.59. The lowest BCUT2D eigenvalue weighted by Gasteiger charge is -2.11. The molecule has 2 aromatic rings. The number of hydrogen-bond donors (Lipinski definition) is 2. The van der Waals surface area contributed by atoms with Crippen LogP contribution in [-0.2, 0) is 13.0 Å². The second-order valence-electron chi connectivity index (χ2n) is 4.29. The molecule has 0 spiro atoms. The van der Waals surface area contributed by atoms with Crippen LogP contribution in [0.4, 0.5) is 0 Å². The molecule has 2 N–H and O–H groups in total. The number of nitrogens with zero attached hydrogens (tertiary/aromatic N) is 1. The molecule has 0 unspecified atom stereocenters. The Kier molecular flexibility index (Phi) is 6.08. The molecule has 3 nitrogen and oxygen atoms in total. The van der Waals surface area contributed by atoms with Crippen LogP contribution in [-0.4, -0.2) is 19.6 Å². The summed E-state index contributed by atoms with van der Waals surface area (Å²) in [5.41, 5.74) is 1.25. The molecular formula is C15H18BrN3S. The minimum atomic E-state index is 0.783. The molecule has 0 aliphatic carbocycles. The Bertz CT molecular complexity index is 551. The van der Waals surface area contributed by atoms with Crippen molar-refractivity contribution in [1.29, 1.82) is 0 Å². The van der Waals surface area contributed by atoms with E-state index in [0.29, 0.717) is 0 Å². The molecule has 106 valence electrons. The smallest absolute Gasteiger partial charge is 0.191 e. The number of thiophene rings is 1. The highest BCUT2D eigenvalue weighted by Gasteiger charge is 2.00. The van der Waals surface area contributed by atoms with Gasteiger partial charge in [0.1, 0.15) is 0 Å². The molecule has 0 atom stereocenters. The van der Waals surface area contributed by atoms with Crippen molar-refractivity contribution < 1.29 is 0 Å². The summed E-state index contributed by atoms with van der Waals surface area (Å²) in [6, 6.07) is 14.5. The fourth-order valence-electron chi connectivity index (χ4n) is 1.79. The van der Waals surface area contributed by atoms with E-state index in [1.165, 1.54) is 14.2 Å². The lowest BCUT2D eigenvalue weighted by molar-refractivity contribution is 0.799. The van der Waals surface area contributed by atoms with E-state index in [-0.39, 0.29) is 0 Å². The number of rotatable bonds is 5. The van der Waals surface area contributed by atoms with Crippen molar-refractivity contribution in [2.24, 2.45) is 4.99 Å². The first-order valence-electron chi connectivity index (χ1n) is 6.50. The van der Waals surface area contributed by atoms with Gasteiger partial charge in [0.2, 0.25) is 0 Å². The number of hydrogen-bond acceptors (Lipinski definition) is 2. The molecule has 0 saturated carbocycles. The predicted octanol–water partition coefficient (Wildman–Crippen LogP) is 3.42. The third-order valence-corrected chi connectivity index (χ3v) is 4.50. The maximum atomic E-state index is 4.23. The topological polar surface area (TPSA) is 36.4 Å². The van der Waals surface area contributed by atoms with E-state index >= 15 is 0 Å². The predicted molar refractivity (Wildman–Crippen MR) is 90.4 cm³/mol. The fourth-order valence-corrected chi connectivity index (χ4v) is 3.28. The summed E-state index contributed by atoms with van der Waals surface area (Å²) >= 11 is 5.25. The Balaban J connectivity index is 1.73. The van der Waals surface area contributed by atoms with Crippen LogP contribution in [0.15, 0.2) is 51.2 Å². The van der Waals surface area contributed by atoms with Gasteiger partial charge in [-0.05, 0) is 40.0 Å². The van der Waals surface area contributed by atoms with Crippen molar-refractivity contribution in [2.75, 3.05) is 13.6 Å². The van der Waals surface area contributed by atoms with E-state index < -0.39 is 0 Å². The number of halogens is 1. The molecule has 1 aromatic heterocycles. The van der Waals surface area contributed by atoms with Crippen LogP contribution in [0.2, 0.25) is 0 Å². The highest BCUT2D eigenvalue weighted by molar-refractivity contribution is 9.11. The van der Waals surface area contributed by atoms with Crippen molar-refractivity contribution in [2.45, 2.75) is 13.0 Å². The van der Waals surface area contributed by atoms with Crippen molar-refractivity contribution in [3.8, 4) is 0 Å². The fraction of sp³-hybridized carbons (Fsp3) is 0.267. The Morgan fingerprint density at radius 1 is 1.15 bits per heavy atom. The molecule has 0 amide bonds. The molecule has 0 radical (unpaired) electrons. The lowest BCUT2D eigenvalue weighted by atomic mass is 10.2. The van der Waals surface area contributed by atoms with Crippen LogP contribution in [0.1, 0.15) is 10.4 Å². The monoisotopic (exact) mass is 351 g/mol. The van der Waals surface area contributed by atoms with E-state index in [0.717, 1.165) is 25.5 Å². The molecule has 0 bridgehead atoms. The minimum absolute atomic E-state index is 0.783. The summed E-state index contributed by atoms with van der Waals surface area (Å²) in [7, 11) is 1.79. The maximum Gasteiger partial charge on any atom is 0.191 e. The van der Waals surface area contributed by atoms with Gasteiger partial charge in [-0.3, -0.25) is 4.99 Å². The molecule has 1 heterocycles. The molecule has 20 heavy (non-hydrogen) atoms. The van der Waals surface area contributed by atoms with E-state index in [1.807, 2.05) is 18.2 Å². The standard InChI is InChI=1S/C15H18BrN3S/c1-17-15(19-11-12-5-3-2-4-6-12)18-10-9-13-7-8-14(16)20-13/h2-8H,9-11H2,1H3,(H2,17,18,19). The highest BCUT2D eigenvalue weighted by Crippen LogP contribution is 2.21. The largest absolute Gasteiger partial charge is 0.356 e. The zero-order chi connectivity index (χ0) is 14.2. The SMILES string of the molecule is CN=C(NCCc1ccc(Br)s1)NCc1ccccc1. The van der Waals surface area contributed by atoms with Gasteiger partial charge < -0.3 is 10.6 Å². The van der Waals surface area contributed by atoms with Gasteiger partial charge in [0.25, 0.3) is 0 Å². The number of nitrogens with one attached hydrogen (secondary N) is 2. The molecular weight excluding hydrogens is 334 g/mol. The van der Waals surface area contributed by atoms with Crippen LogP contribution in [0.3, 0.4) is 0 Å². The molecule has 0 fully saturated rings. The average Bonchev–Trinajstić information content (AvgIpc) is 2.89. The van der Waals surface area contributed by atoms with Gasteiger partial charge in [0.15, 0.2) is 5.96 Å². The van der Waals surface area contributed by atoms with Crippen LogP contribution in [0, 0.1) is 0 Å². The van der Waals surface area contributed by atoms with Gasteiger partial charge in [-0.15, -0.1) is 11.3 Å². The third kappa shape index (κ3) is 4.98. The maximum absolute atomic E-state index is 4.23. The summed E-state index contributed by atoms with van der Waals surface area (Å²) in [5.74, 6) is 0.837. The second kappa shape index (κ2) is 8.07. The summed E-state index contributed by atoms with van der Waals surface area (Å²) in [6.45, 7) is 1.66. The van der Waals surface area contributed by atoms with Gasteiger partial charge in [-0.2, -0.15) is 0 Å². The minimum Gasteiger partial charge on any atom is -0.356 e. The van der Waals surface area contributed by atoms with Crippen molar-refractivity contribution >= 4 is 33.2 Å². The first kappa shape index (κ1) is 15.1. The van der Waals surface area contributed by atoms with Gasteiger partial charge in [-0.1, -0.05) is 30.3 Å². The van der Waals surface area contributed by atoms with E-state index in [4.69, 9.17) is 0 Å². The Morgan fingerprint density at radius 2 is 1.95 bits per heavy atom. The van der Waals surface area contributed by atoms with Crippen molar-refractivity contribution in [3.63, 3.8) is 0 Å². The van der Waals surface area contributed by atoms with Gasteiger partial charge in [-0.25, -0.2) is 0 Å². The molecule has 0 aliphatic rings. The van der Waals surface area contributed by atoms with E-state index in [2.05, 4.69) is 55.8 Å². The zero-order valence-corrected chi connectivity index (χ0v) is 13.8. The zero-order valence-electron chi connectivity index (χ0n) is 11.4. The normalized spacial score (nSPS) is 11.4. The molecule has 1 aromatic carbocycles. The van der Waals surface area contributed by atoms with E-state index in [1.54, 1.807) is 18.4 Å². The van der Waals surface area contributed by atoms with Crippen LogP contribution in [0.5, 0.6) is 0 Å². The summed E-state index contributed by atoms with van der Waals surface area (Å²) in [6.07, 6.45) is 1.00. The summed E-state index contributed by atoms with van der Waals surface area (Å²) < 4.78 is 1.18. The lowest BCUT2D eigenvalue weighted by Crippen LogP contribution is -2.37. The highest BCUT2D eigenvalue weighted by atomic mass is 79.9. The van der Waals surface area contributed by atoms with Crippen LogP contribution in [0.25, 0.3) is 0 Å². The van der Waals surface area contributed by atoms with E-state index in [9.17, 15) is 0 Å². The van der Waals surface area contributed by atoms with Crippen LogP contribution >= 0.6 is 27.3 Å². The molecule has 0 aliphatic heterocycles. The molecule has 5 heteroatoms. The number of aliphatic imine (C=N–C) groups is 1. The summed E-state index contributed by atoms with van der Waals surface area (Å²) in [5, 5.41) is 6.64. The Labute approximate surface area is 132 Å². The Hall–Kier alpha value is -1.33. The first-order valence-corrected chi connectivity index (χ1v) is 8.11. The molecule has 2 rings (SSSR count). The van der Waals surface area contributed by atoms with Crippen molar-refractivity contribution in [3.05, 3.63) is 56.7 Å². The van der Waals surface area contributed by atoms with Gasteiger partial charge in [0.05, 0.1) is 3.79 Å². The second-order valence-corrected chi connectivity index (χ2v) is 6.84.